The molecule has 0 amide bonds. The lowest BCUT2D eigenvalue weighted by atomic mass is 10.1. The van der Waals surface area contributed by atoms with Gasteiger partial charge in [-0.3, -0.25) is 4.79 Å². The van der Waals surface area contributed by atoms with Crippen molar-refractivity contribution >= 4 is 21.1 Å². The van der Waals surface area contributed by atoms with Crippen molar-refractivity contribution in [3.05, 3.63) is 47.2 Å². The smallest absolute Gasteiger partial charge is 0.275 e. The summed E-state index contributed by atoms with van der Waals surface area (Å²) in [7, 11) is -3.72. The molecule has 0 bridgehead atoms. The number of rotatable bonds is 10. The number of piperazine rings is 1. The van der Waals surface area contributed by atoms with Crippen LogP contribution < -0.4 is 10.3 Å². The summed E-state index contributed by atoms with van der Waals surface area (Å²) in [5.41, 5.74) is 2.40. The molecule has 2 aromatic heterocycles. The molecule has 1 fully saturated rings. The largest absolute Gasteiger partial charge is 0.493 e. The van der Waals surface area contributed by atoms with Gasteiger partial charge in [0.1, 0.15) is 17.1 Å². The highest BCUT2D eigenvalue weighted by molar-refractivity contribution is 7.89. The van der Waals surface area contributed by atoms with Gasteiger partial charge >= 0.3 is 0 Å². The monoisotopic (exact) mass is 514 g/mol. The Morgan fingerprint density at radius 2 is 1.86 bits per heavy atom. The zero-order chi connectivity index (χ0) is 25.9. The maximum atomic E-state index is 13.5. The molecule has 1 aromatic carbocycles. The number of sulfonamides is 1. The number of H-pyrrole nitrogens is 1. The molecule has 36 heavy (non-hydrogen) atoms. The van der Waals surface area contributed by atoms with Crippen LogP contribution in [0.25, 0.3) is 22.4 Å². The molecule has 0 aliphatic carbocycles. The van der Waals surface area contributed by atoms with E-state index >= 15 is 0 Å². The van der Waals surface area contributed by atoms with E-state index in [4.69, 9.17) is 9.72 Å². The van der Waals surface area contributed by atoms with Gasteiger partial charge in [0.05, 0.1) is 22.6 Å². The van der Waals surface area contributed by atoms with Gasteiger partial charge < -0.3 is 19.2 Å². The molecule has 0 atom stereocenters. The van der Waals surface area contributed by atoms with Crippen molar-refractivity contribution in [2.45, 2.75) is 51.5 Å². The quantitative estimate of drug-likeness (QED) is 0.446. The number of nitrogens with one attached hydrogen (secondary N) is 1. The lowest BCUT2D eigenvalue weighted by Crippen LogP contribution is -2.48. The molecule has 195 valence electrons. The molecule has 1 radical (unpaired) electrons. The van der Waals surface area contributed by atoms with Gasteiger partial charge in [0.2, 0.25) is 10.0 Å². The first kappa shape index (κ1) is 26.4. The number of hydrogen-bond acceptors (Lipinski definition) is 6. The molecule has 0 unspecified atom stereocenters. The summed E-state index contributed by atoms with van der Waals surface area (Å²) in [5, 5.41) is 0. The molecule has 1 aliphatic rings. The summed E-state index contributed by atoms with van der Waals surface area (Å²) in [6.45, 7) is 13.9. The second-order valence-corrected chi connectivity index (χ2v) is 11.0. The Kier molecular flexibility index (Phi) is 8.17. The fourth-order valence-corrected chi connectivity index (χ4v) is 6.08. The number of aromatic nitrogens is 3. The van der Waals surface area contributed by atoms with Crippen LogP contribution in [-0.2, 0) is 23.0 Å². The zero-order valence-corrected chi connectivity index (χ0v) is 22.2. The number of benzene rings is 1. The van der Waals surface area contributed by atoms with Gasteiger partial charge in [0, 0.05) is 38.9 Å². The molecule has 0 spiro atoms. The summed E-state index contributed by atoms with van der Waals surface area (Å²) in [6, 6.07) is 4.82. The maximum absolute atomic E-state index is 13.5. The molecule has 1 N–H and O–H groups in total. The fraction of sp³-hybridized carbons (Fsp3) is 0.500. The van der Waals surface area contributed by atoms with Crippen LogP contribution in [0.2, 0.25) is 0 Å². The molecular formula is C26H36N5O4S. The summed E-state index contributed by atoms with van der Waals surface area (Å²) in [5.74, 6) is 0.802. The highest BCUT2D eigenvalue weighted by Gasteiger charge is 2.29. The van der Waals surface area contributed by atoms with Crippen molar-refractivity contribution in [3.8, 4) is 17.1 Å². The molecule has 0 saturated carbocycles. The first-order valence-corrected chi connectivity index (χ1v) is 14.2. The second-order valence-electron chi connectivity index (χ2n) is 9.05. The predicted octanol–water partition coefficient (Wildman–Crippen LogP) is 3.29. The summed E-state index contributed by atoms with van der Waals surface area (Å²) in [4.78, 5) is 23.2. The van der Waals surface area contributed by atoms with Crippen molar-refractivity contribution in [3.63, 3.8) is 0 Å². The molecule has 4 rings (SSSR count). The minimum atomic E-state index is -3.72. The van der Waals surface area contributed by atoms with Crippen LogP contribution in [0.4, 0.5) is 0 Å². The van der Waals surface area contributed by atoms with Crippen LogP contribution in [0.15, 0.2) is 34.1 Å². The molecule has 9 nitrogen and oxygen atoms in total. The number of aryl methyl sites for hydroxylation is 2. The van der Waals surface area contributed by atoms with Crippen molar-refractivity contribution in [2.24, 2.45) is 0 Å². The number of aromatic amines is 1. The minimum Gasteiger partial charge on any atom is -0.493 e. The third-order valence-electron chi connectivity index (χ3n) is 6.61. The summed E-state index contributed by atoms with van der Waals surface area (Å²) < 4.78 is 36.4. The average Bonchev–Trinajstić information content (AvgIpc) is 3.25. The fourth-order valence-electron chi connectivity index (χ4n) is 4.64. The van der Waals surface area contributed by atoms with E-state index in [1.165, 1.54) is 4.31 Å². The Bertz CT molecular complexity index is 1370. The zero-order valence-electron chi connectivity index (χ0n) is 21.4. The predicted molar refractivity (Wildman–Crippen MR) is 142 cm³/mol. The second kappa shape index (κ2) is 11.1. The van der Waals surface area contributed by atoms with E-state index in [9.17, 15) is 13.2 Å². The number of nitrogens with zero attached hydrogens (tertiary/aromatic N) is 4. The molecular weight excluding hydrogens is 478 g/mol. The molecule has 1 saturated heterocycles. The van der Waals surface area contributed by atoms with Gasteiger partial charge in [-0.15, -0.1) is 0 Å². The Hall–Kier alpha value is -2.69. The Morgan fingerprint density at radius 1 is 1.11 bits per heavy atom. The van der Waals surface area contributed by atoms with Crippen LogP contribution in [0, 0.1) is 6.92 Å². The van der Waals surface area contributed by atoms with E-state index in [1.54, 1.807) is 18.2 Å². The lowest BCUT2D eigenvalue weighted by Gasteiger charge is -2.33. The molecule has 1 aliphatic heterocycles. The van der Waals surface area contributed by atoms with E-state index in [1.807, 2.05) is 24.6 Å². The summed E-state index contributed by atoms with van der Waals surface area (Å²) >= 11 is 0. The van der Waals surface area contributed by atoms with Gasteiger partial charge in [0.25, 0.3) is 5.56 Å². The maximum Gasteiger partial charge on any atom is 0.275 e. The minimum absolute atomic E-state index is 0.159. The third-order valence-corrected chi connectivity index (χ3v) is 8.51. The van der Waals surface area contributed by atoms with Crippen LogP contribution in [-0.4, -0.2) is 71.5 Å². The number of hydrogen-bond donors (Lipinski definition) is 1. The van der Waals surface area contributed by atoms with Crippen LogP contribution in [0.5, 0.6) is 5.75 Å². The molecule has 10 heteroatoms. The van der Waals surface area contributed by atoms with Gasteiger partial charge in [-0.05, 0) is 57.0 Å². The Morgan fingerprint density at radius 3 is 2.50 bits per heavy atom. The third kappa shape index (κ3) is 5.07. The Balaban J connectivity index is 1.83. The SMILES string of the molecule is [CH2]CN1CCN(S(=O)(=O)c2ccc(OCCC)c(-c3nc4c(CCC)cn(CC)c4c(=O)[nH]3)c2)CC1. The molecule has 3 aromatic rings. The van der Waals surface area contributed by atoms with Gasteiger partial charge in [-0.1, -0.05) is 20.3 Å². The average molecular weight is 515 g/mol. The Labute approximate surface area is 213 Å². The van der Waals surface area contributed by atoms with Crippen molar-refractivity contribution in [1.29, 1.82) is 0 Å². The van der Waals surface area contributed by atoms with Gasteiger partial charge in [-0.2, -0.15) is 4.31 Å². The van der Waals surface area contributed by atoms with Crippen molar-refractivity contribution < 1.29 is 13.2 Å². The van der Waals surface area contributed by atoms with E-state index in [2.05, 4.69) is 23.7 Å². The van der Waals surface area contributed by atoms with E-state index in [-0.39, 0.29) is 10.5 Å². The first-order chi connectivity index (χ1) is 17.3. The standard InChI is InChI=1S/C26H36N5O4S/c1-5-9-19-18-30(8-4)24-23(19)27-25(28-26(24)32)21-17-20(10-11-22(21)35-16-6-2)36(33,34)31-14-12-29(7-3)13-15-31/h10-11,17-18H,3,5-9,12-16H2,1-2,4H3,(H,27,28,32). The van der Waals surface area contributed by atoms with Crippen LogP contribution in [0.1, 0.15) is 39.2 Å². The number of fused-ring (bicyclic) bond motifs is 1. The first-order valence-electron chi connectivity index (χ1n) is 12.7. The molecule has 3 heterocycles. The normalized spacial score (nSPS) is 15.6. The summed E-state index contributed by atoms with van der Waals surface area (Å²) in [6.07, 6.45) is 4.50. The topological polar surface area (TPSA) is 101 Å². The van der Waals surface area contributed by atoms with E-state index < -0.39 is 10.0 Å². The highest BCUT2D eigenvalue weighted by atomic mass is 32.2. The van der Waals surface area contributed by atoms with Gasteiger partial charge in [-0.25, -0.2) is 13.4 Å². The van der Waals surface area contributed by atoms with Crippen molar-refractivity contribution in [2.75, 3.05) is 39.3 Å². The van der Waals surface area contributed by atoms with E-state index in [0.29, 0.717) is 74.0 Å². The van der Waals surface area contributed by atoms with Crippen molar-refractivity contribution in [1.82, 2.24) is 23.7 Å². The number of ether oxygens (including phenoxy) is 1. The van der Waals surface area contributed by atoms with Gasteiger partial charge in [0.15, 0.2) is 0 Å². The van der Waals surface area contributed by atoms with Crippen LogP contribution >= 0.6 is 0 Å². The highest BCUT2D eigenvalue weighted by Crippen LogP contribution is 2.33. The lowest BCUT2D eigenvalue weighted by molar-refractivity contribution is 0.203. The van der Waals surface area contributed by atoms with E-state index in [0.717, 1.165) is 24.8 Å². The van der Waals surface area contributed by atoms with Crippen LogP contribution in [0.3, 0.4) is 0 Å².